The molecule has 106 valence electrons. The third-order valence-corrected chi connectivity index (χ3v) is 3.55. The van der Waals surface area contributed by atoms with Crippen molar-refractivity contribution in [3.8, 4) is 0 Å². The van der Waals surface area contributed by atoms with Crippen LogP contribution in [0.1, 0.15) is 19.8 Å². The Morgan fingerprint density at radius 2 is 2.10 bits per heavy atom. The van der Waals surface area contributed by atoms with Gasteiger partial charge in [-0.25, -0.2) is 4.39 Å². The van der Waals surface area contributed by atoms with Gasteiger partial charge in [0.1, 0.15) is 0 Å². The molecule has 6 heteroatoms. The maximum Gasteiger partial charge on any atom is 0.285 e. The van der Waals surface area contributed by atoms with E-state index in [-0.39, 0.29) is 25.0 Å². The topological polar surface area (TPSA) is 66.5 Å². The van der Waals surface area contributed by atoms with Gasteiger partial charge in [-0.3, -0.25) is 24.6 Å². The first-order valence-electron chi connectivity index (χ1n) is 6.18. The van der Waals surface area contributed by atoms with Crippen molar-refractivity contribution in [1.82, 2.24) is 10.2 Å². The molecule has 0 spiro atoms. The smallest absolute Gasteiger partial charge is 0.285 e. The Balaban J connectivity index is 2.35. The zero-order valence-corrected chi connectivity index (χ0v) is 11.2. The summed E-state index contributed by atoms with van der Waals surface area (Å²) in [5.74, 6) is -4.73. The minimum atomic E-state index is -2.50. The Labute approximate surface area is 115 Å². The van der Waals surface area contributed by atoms with Gasteiger partial charge in [0.2, 0.25) is 5.91 Å². The number of piperidine rings is 1. The van der Waals surface area contributed by atoms with Crippen LogP contribution in [0.2, 0.25) is 0 Å². The average Bonchev–Trinajstić information content (AvgIpc) is 2.72. The van der Waals surface area contributed by atoms with Gasteiger partial charge in [0.15, 0.2) is 0 Å². The molecule has 1 fully saturated rings. The van der Waals surface area contributed by atoms with E-state index < -0.39 is 23.5 Å². The molecule has 0 aromatic heterocycles. The van der Waals surface area contributed by atoms with E-state index in [0.717, 1.165) is 4.90 Å². The van der Waals surface area contributed by atoms with Gasteiger partial charge in [0, 0.05) is 18.4 Å². The summed E-state index contributed by atoms with van der Waals surface area (Å²) in [4.78, 5) is 35.9. The number of halogens is 1. The van der Waals surface area contributed by atoms with Crippen LogP contribution >= 0.6 is 0 Å². The quantitative estimate of drug-likeness (QED) is 0.618. The van der Waals surface area contributed by atoms with Gasteiger partial charge in [0.05, 0.1) is 6.54 Å². The van der Waals surface area contributed by atoms with Crippen molar-refractivity contribution >= 4 is 17.7 Å². The largest absolute Gasteiger partial charge is 0.294 e. The first-order chi connectivity index (χ1) is 9.31. The van der Waals surface area contributed by atoms with Crippen molar-refractivity contribution in [2.45, 2.75) is 25.6 Å². The number of hydrogen-bond acceptors (Lipinski definition) is 3. The summed E-state index contributed by atoms with van der Waals surface area (Å²) in [5.41, 5.74) is 1.43. The second-order valence-corrected chi connectivity index (χ2v) is 4.90. The number of hydrogen-bond donors (Lipinski definition) is 1. The van der Waals surface area contributed by atoms with Gasteiger partial charge in [-0.15, -0.1) is 0 Å². The van der Waals surface area contributed by atoms with Crippen LogP contribution in [0.3, 0.4) is 0 Å². The molecule has 2 aliphatic rings. The van der Waals surface area contributed by atoms with Gasteiger partial charge in [-0.2, -0.15) is 0 Å². The highest BCUT2D eigenvalue weighted by molar-refractivity contribution is 6.07. The monoisotopic (exact) mass is 278 g/mol. The van der Waals surface area contributed by atoms with Crippen molar-refractivity contribution in [2.75, 3.05) is 6.54 Å². The van der Waals surface area contributed by atoms with Crippen LogP contribution in [0.15, 0.2) is 36.0 Å². The van der Waals surface area contributed by atoms with E-state index in [2.05, 4.69) is 13.2 Å². The molecule has 0 bridgehead atoms. The van der Waals surface area contributed by atoms with Crippen molar-refractivity contribution in [2.24, 2.45) is 0 Å². The zero-order valence-electron chi connectivity index (χ0n) is 11.2. The number of alkyl halides is 1. The third-order valence-electron chi connectivity index (χ3n) is 3.55. The van der Waals surface area contributed by atoms with E-state index in [9.17, 15) is 18.8 Å². The van der Waals surface area contributed by atoms with Crippen molar-refractivity contribution in [3.63, 3.8) is 0 Å². The lowest BCUT2D eigenvalue weighted by molar-refractivity contribution is -0.163. The summed E-state index contributed by atoms with van der Waals surface area (Å²) >= 11 is 0. The van der Waals surface area contributed by atoms with Gasteiger partial charge in [-0.1, -0.05) is 24.8 Å². The second kappa shape index (κ2) is 4.70. The Kier molecular flexibility index (Phi) is 3.33. The van der Waals surface area contributed by atoms with Crippen LogP contribution in [0.25, 0.3) is 0 Å². The standard InChI is InChI=1S/C14H15FN2O3/c1-4-9-10(8(2)3)7-17(12(9)19)14(15)6-5-11(18)16-13(14)20/h4H,1-2,5-7H2,3H3,(H,16,18,20). The molecule has 2 aliphatic heterocycles. The molecular formula is C14H15FN2O3. The van der Waals surface area contributed by atoms with E-state index in [1.165, 1.54) is 6.08 Å². The van der Waals surface area contributed by atoms with E-state index in [0.29, 0.717) is 11.1 Å². The molecule has 0 saturated carbocycles. The van der Waals surface area contributed by atoms with Crippen LogP contribution in [0, 0.1) is 0 Å². The minimum Gasteiger partial charge on any atom is -0.294 e. The summed E-state index contributed by atoms with van der Waals surface area (Å²) < 4.78 is 14.9. The fraction of sp³-hybridized carbons (Fsp3) is 0.357. The second-order valence-electron chi connectivity index (χ2n) is 4.90. The molecule has 1 unspecified atom stereocenters. The Morgan fingerprint density at radius 1 is 1.45 bits per heavy atom. The number of rotatable bonds is 3. The molecular weight excluding hydrogens is 263 g/mol. The highest BCUT2D eigenvalue weighted by atomic mass is 19.1. The highest BCUT2D eigenvalue weighted by Crippen LogP contribution is 2.35. The zero-order chi connectivity index (χ0) is 15.1. The van der Waals surface area contributed by atoms with Gasteiger partial charge >= 0.3 is 0 Å². The molecule has 0 radical (unpaired) electrons. The SMILES string of the molecule is C=CC1=C(C(=C)C)CN(C2(F)CCC(=O)NC2=O)C1=O. The van der Waals surface area contributed by atoms with E-state index in [1.807, 2.05) is 5.32 Å². The molecule has 2 rings (SSSR count). The van der Waals surface area contributed by atoms with Gasteiger partial charge < -0.3 is 0 Å². The molecule has 20 heavy (non-hydrogen) atoms. The molecule has 0 aliphatic carbocycles. The fourth-order valence-corrected chi connectivity index (χ4v) is 2.39. The van der Waals surface area contributed by atoms with Crippen LogP contribution < -0.4 is 5.32 Å². The minimum absolute atomic E-state index is 0.0480. The molecule has 5 nitrogen and oxygen atoms in total. The van der Waals surface area contributed by atoms with Crippen LogP contribution in [-0.2, 0) is 14.4 Å². The Hall–Kier alpha value is -2.24. The molecule has 2 heterocycles. The third kappa shape index (κ3) is 1.97. The summed E-state index contributed by atoms with van der Waals surface area (Å²) in [6.07, 6.45) is 0.858. The highest BCUT2D eigenvalue weighted by Gasteiger charge is 2.52. The van der Waals surface area contributed by atoms with Gasteiger partial charge in [0.25, 0.3) is 17.6 Å². The Bertz CT molecular complexity index is 579. The van der Waals surface area contributed by atoms with Crippen LogP contribution in [0.4, 0.5) is 4.39 Å². The molecule has 1 N–H and O–H groups in total. The molecule has 0 aromatic carbocycles. The van der Waals surface area contributed by atoms with E-state index in [1.54, 1.807) is 6.92 Å². The summed E-state index contributed by atoms with van der Waals surface area (Å²) in [5, 5.41) is 1.93. The summed E-state index contributed by atoms with van der Waals surface area (Å²) in [6.45, 7) is 8.93. The summed E-state index contributed by atoms with van der Waals surface area (Å²) in [6, 6.07) is 0. The maximum absolute atomic E-state index is 14.9. The Morgan fingerprint density at radius 3 is 2.55 bits per heavy atom. The summed E-state index contributed by atoms with van der Waals surface area (Å²) in [7, 11) is 0. The van der Waals surface area contributed by atoms with Crippen molar-refractivity contribution in [3.05, 3.63) is 36.0 Å². The first-order valence-corrected chi connectivity index (χ1v) is 6.18. The van der Waals surface area contributed by atoms with Crippen LogP contribution in [0.5, 0.6) is 0 Å². The predicted octanol–water partition coefficient (Wildman–Crippen LogP) is 0.990. The number of amides is 3. The molecule has 3 amide bonds. The number of carbonyl (C=O) groups is 3. The maximum atomic E-state index is 14.9. The lowest BCUT2D eigenvalue weighted by Crippen LogP contribution is -2.61. The van der Waals surface area contributed by atoms with E-state index >= 15 is 0 Å². The van der Waals surface area contributed by atoms with Crippen molar-refractivity contribution < 1.29 is 18.8 Å². The number of nitrogens with zero attached hydrogens (tertiary/aromatic N) is 1. The normalized spacial score (nSPS) is 26.9. The lowest BCUT2D eigenvalue weighted by Gasteiger charge is -2.35. The first kappa shape index (κ1) is 14.2. The van der Waals surface area contributed by atoms with Gasteiger partial charge in [-0.05, 0) is 12.5 Å². The number of imide groups is 1. The van der Waals surface area contributed by atoms with E-state index in [4.69, 9.17) is 0 Å². The number of nitrogens with one attached hydrogen (secondary N) is 1. The molecule has 1 atom stereocenters. The molecule has 0 aromatic rings. The van der Waals surface area contributed by atoms with Crippen molar-refractivity contribution in [1.29, 1.82) is 0 Å². The number of carbonyl (C=O) groups excluding carboxylic acids is 3. The predicted molar refractivity (Wildman–Crippen MR) is 70.0 cm³/mol. The fourth-order valence-electron chi connectivity index (χ4n) is 2.39. The average molecular weight is 278 g/mol. The van der Waals surface area contributed by atoms with Crippen LogP contribution in [-0.4, -0.2) is 35.0 Å². The molecule has 1 saturated heterocycles. The lowest BCUT2D eigenvalue weighted by atomic mass is 10.0.